The number of benzene rings is 2. The smallest absolute Gasteiger partial charge is 0.411 e. The van der Waals surface area contributed by atoms with E-state index in [-0.39, 0.29) is 70.6 Å². The summed E-state index contributed by atoms with van der Waals surface area (Å²) in [5.41, 5.74) is -1.52. The molecule has 2 heterocycles. The lowest BCUT2D eigenvalue weighted by Gasteiger charge is -2.37. The third kappa shape index (κ3) is 18.2. The first kappa shape index (κ1) is 57.4. The molecule has 2 aromatic carbocycles. The van der Waals surface area contributed by atoms with Crippen LogP contribution in [0.15, 0.2) is 54.6 Å². The summed E-state index contributed by atoms with van der Waals surface area (Å²) in [6.45, 7) is 19.4. The number of ketones is 1. The maximum Gasteiger partial charge on any atom is 0.411 e. The van der Waals surface area contributed by atoms with Crippen molar-refractivity contribution in [3.63, 3.8) is 0 Å². The molecule has 4 rings (SSSR count). The van der Waals surface area contributed by atoms with Crippen LogP contribution in [0.3, 0.4) is 0 Å². The number of esters is 1. The minimum atomic E-state index is -1.63. The number of rotatable bonds is 19. The molecule has 2 aromatic rings. The van der Waals surface area contributed by atoms with Crippen LogP contribution in [0.4, 0.5) is 14.4 Å². The van der Waals surface area contributed by atoms with Crippen molar-refractivity contribution >= 4 is 47.8 Å². The summed E-state index contributed by atoms with van der Waals surface area (Å²) in [6.07, 6.45) is -0.974. The van der Waals surface area contributed by atoms with Crippen molar-refractivity contribution in [3.05, 3.63) is 71.3 Å². The normalized spacial score (nSPS) is 18.2. The van der Waals surface area contributed by atoms with E-state index in [0.717, 1.165) is 16.7 Å². The van der Waals surface area contributed by atoms with E-state index < -0.39 is 94.1 Å². The quantitative estimate of drug-likeness (QED) is 0.0668. The number of hydrogen-bond donors (Lipinski definition) is 4. The first-order chi connectivity index (χ1) is 33.1. The van der Waals surface area contributed by atoms with E-state index in [4.69, 9.17) is 18.9 Å². The molecule has 0 spiro atoms. The fraction of sp³-hybridized carbons (Fsp3) is 0.623. The second kappa shape index (κ2) is 24.8. The van der Waals surface area contributed by atoms with Gasteiger partial charge in [0.15, 0.2) is 11.3 Å². The number of hydrogen-bond acceptors (Lipinski definition) is 12. The van der Waals surface area contributed by atoms with Gasteiger partial charge in [0.1, 0.15) is 28.9 Å². The number of likely N-dealkylation sites (tertiary alicyclic amines) is 1. The molecule has 2 aliphatic rings. The lowest BCUT2D eigenvalue weighted by molar-refractivity contribution is -0.148. The molecule has 0 aromatic heterocycles. The maximum atomic E-state index is 14.7. The molecule has 1 fully saturated rings. The zero-order valence-electron chi connectivity index (χ0n) is 43.9. The third-order valence-corrected chi connectivity index (χ3v) is 11.8. The fourth-order valence-corrected chi connectivity index (χ4v) is 8.63. The average Bonchev–Trinajstić information content (AvgIpc) is 3.69. The van der Waals surface area contributed by atoms with Gasteiger partial charge in [-0.1, -0.05) is 68.4 Å². The van der Waals surface area contributed by atoms with Gasteiger partial charge in [-0.3, -0.25) is 24.1 Å². The van der Waals surface area contributed by atoms with E-state index in [2.05, 4.69) is 21.3 Å². The minimum Gasteiger partial charge on any atom is -0.467 e. The third-order valence-electron chi connectivity index (χ3n) is 11.8. The zero-order chi connectivity index (χ0) is 52.9. The summed E-state index contributed by atoms with van der Waals surface area (Å²) >= 11 is 0. The molecule has 1 unspecified atom stereocenters. The van der Waals surface area contributed by atoms with Gasteiger partial charge >= 0.3 is 24.2 Å². The van der Waals surface area contributed by atoms with Crippen LogP contribution in [0.25, 0.3) is 0 Å². The molecule has 18 heteroatoms. The van der Waals surface area contributed by atoms with Gasteiger partial charge in [-0.15, -0.1) is 0 Å². The number of methoxy groups -OCH3 is 1. The van der Waals surface area contributed by atoms with Crippen molar-refractivity contribution in [1.29, 1.82) is 0 Å². The molecule has 6 amide bonds. The largest absolute Gasteiger partial charge is 0.467 e. The van der Waals surface area contributed by atoms with E-state index in [1.165, 1.54) is 16.9 Å². The Morgan fingerprint density at radius 3 is 1.96 bits per heavy atom. The number of amides is 6. The van der Waals surface area contributed by atoms with Crippen LogP contribution in [0.1, 0.15) is 131 Å². The summed E-state index contributed by atoms with van der Waals surface area (Å²) in [6, 6.07) is 13.4. The molecule has 18 nitrogen and oxygen atoms in total. The van der Waals surface area contributed by atoms with Gasteiger partial charge in [0.05, 0.1) is 26.2 Å². The summed E-state index contributed by atoms with van der Waals surface area (Å²) in [5, 5.41) is 11.2. The molecule has 5 atom stereocenters. The molecule has 392 valence electrons. The molecule has 71 heavy (non-hydrogen) atoms. The van der Waals surface area contributed by atoms with Gasteiger partial charge in [-0.25, -0.2) is 19.2 Å². The highest BCUT2D eigenvalue weighted by Crippen LogP contribution is 2.28. The Bertz CT molecular complexity index is 2200. The predicted molar refractivity (Wildman–Crippen MR) is 266 cm³/mol. The highest BCUT2D eigenvalue weighted by molar-refractivity contribution is 5.96. The Kier molecular flexibility index (Phi) is 20.0. The van der Waals surface area contributed by atoms with Gasteiger partial charge in [0.25, 0.3) is 0 Å². The molecular formula is C53H78N6O12. The fourth-order valence-electron chi connectivity index (χ4n) is 8.63. The molecule has 0 saturated carbocycles. The lowest BCUT2D eigenvalue weighted by Crippen LogP contribution is -2.59. The molecule has 0 radical (unpaired) electrons. The van der Waals surface area contributed by atoms with Gasteiger partial charge in [-0.2, -0.15) is 0 Å². The lowest BCUT2D eigenvalue weighted by atomic mass is 9.87. The van der Waals surface area contributed by atoms with Gasteiger partial charge in [-0.05, 0) is 117 Å². The molecule has 0 bridgehead atoms. The summed E-state index contributed by atoms with van der Waals surface area (Å²) < 4.78 is 21.6. The first-order valence-corrected chi connectivity index (χ1v) is 24.7. The van der Waals surface area contributed by atoms with Crippen molar-refractivity contribution in [2.75, 3.05) is 26.7 Å². The molecule has 0 aliphatic carbocycles. The topological polar surface area (TPSA) is 228 Å². The summed E-state index contributed by atoms with van der Waals surface area (Å²) in [5.74, 6) is -3.85. The summed E-state index contributed by atoms with van der Waals surface area (Å²) in [7, 11) is 1.18. The van der Waals surface area contributed by atoms with E-state index >= 15 is 0 Å². The van der Waals surface area contributed by atoms with Crippen LogP contribution in [0, 0.1) is 11.8 Å². The number of carbonyl (C=O) groups is 8. The van der Waals surface area contributed by atoms with Crippen molar-refractivity contribution < 1.29 is 57.3 Å². The monoisotopic (exact) mass is 991 g/mol. The molecular weight excluding hydrogens is 913 g/mol. The second-order valence-electron chi connectivity index (χ2n) is 22.0. The number of fused-ring (bicyclic) bond motifs is 1. The number of nitrogens with one attached hydrogen (secondary N) is 4. The van der Waals surface area contributed by atoms with E-state index in [1.807, 2.05) is 68.4 Å². The molecule has 1 saturated heterocycles. The van der Waals surface area contributed by atoms with Gasteiger partial charge in [0.2, 0.25) is 17.7 Å². The van der Waals surface area contributed by atoms with E-state index in [9.17, 15) is 38.4 Å². The molecule has 2 aliphatic heterocycles. The van der Waals surface area contributed by atoms with Crippen molar-refractivity contribution in [2.45, 2.75) is 175 Å². The van der Waals surface area contributed by atoms with Crippen LogP contribution in [0.5, 0.6) is 0 Å². The average molecular weight is 991 g/mol. The Morgan fingerprint density at radius 1 is 0.746 bits per heavy atom. The van der Waals surface area contributed by atoms with Crippen molar-refractivity contribution in [3.8, 4) is 0 Å². The number of nitrogens with zero attached hydrogens (tertiary/aromatic N) is 2. The Morgan fingerprint density at radius 2 is 1.35 bits per heavy atom. The second-order valence-corrected chi connectivity index (χ2v) is 22.0. The highest BCUT2D eigenvalue weighted by Gasteiger charge is 2.50. The van der Waals surface area contributed by atoms with Crippen molar-refractivity contribution in [2.24, 2.45) is 11.8 Å². The number of alkyl carbamates (subject to hydrolysis) is 2. The predicted octanol–water partition coefficient (Wildman–Crippen LogP) is 6.55. The first-order valence-electron chi connectivity index (χ1n) is 24.7. The van der Waals surface area contributed by atoms with Crippen molar-refractivity contribution in [1.82, 2.24) is 31.1 Å². The van der Waals surface area contributed by atoms with E-state index in [1.54, 1.807) is 62.3 Å². The van der Waals surface area contributed by atoms with Crippen LogP contribution >= 0.6 is 0 Å². The van der Waals surface area contributed by atoms with Crippen LogP contribution in [-0.4, -0.2) is 125 Å². The minimum absolute atomic E-state index is 0.00698. The SMILES string of the molecule is COC(=O)C1(NC(=O)OC(C)(C)C)CCN(C(=O)[C@@H](CCCCNC(=O)OC(C)(C)C)NC(=O)[C@H](CC(=O)[C@@H](Cc2ccccc2)NC(=O)[C@H]2Cc3ccccc3CN2C(=O)OC(C)(C)C)CC(C)C)C1. The maximum absolute atomic E-state index is 14.7. The van der Waals surface area contributed by atoms with Gasteiger partial charge in [0, 0.05) is 38.3 Å². The number of carbonyl (C=O) groups excluding carboxylic acids is 8. The van der Waals surface area contributed by atoms with E-state index in [0.29, 0.717) is 12.8 Å². The molecule has 4 N–H and O–H groups in total. The van der Waals surface area contributed by atoms with Crippen LogP contribution in [0.2, 0.25) is 0 Å². The van der Waals surface area contributed by atoms with Crippen LogP contribution in [-0.2, 0) is 62.3 Å². The Labute approximate surface area is 419 Å². The highest BCUT2D eigenvalue weighted by atomic mass is 16.6. The summed E-state index contributed by atoms with van der Waals surface area (Å²) in [4.78, 5) is 113. The number of unbranched alkanes of at least 4 members (excludes halogenated alkanes) is 1. The standard InChI is InChI=1S/C53H78N6O12/c1-34(2)28-38(31-42(60)40(29-35-20-14-13-15-21-35)56-44(62)41-30-36-22-16-17-23-37(36)32-59(41)49(67)71-52(9,10)11)43(61)55-39(24-18-19-26-54-47(65)69-50(3,4)5)45(63)58-27-25-53(33-58,46(64)68-12)57-48(66)70-51(6,7)8/h13-17,20-23,34,38-41H,18-19,24-33H2,1-12H3,(H,54,65)(H,55,61)(H,56,62)(H,57,66)/t38-,39+,40+,41+,53?/m0/s1. The Balaban J connectivity index is 1.61. The van der Waals surface area contributed by atoms with Crippen LogP contribution < -0.4 is 21.3 Å². The number of ether oxygens (including phenoxy) is 4. The Hall–Kier alpha value is -6.20. The number of Topliss-reactive ketones (excluding diaryl/α,β-unsaturated/α-hetero) is 1. The van der Waals surface area contributed by atoms with Gasteiger partial charge < -0.3 is 45.1 Å². The zero-order valence-corrected chi connectivity index (χ0v) is 43.9.